The molecule has 4 amide bonds. The van der Waals surface area contributed by atoms with Gasteiger partial charge in [0.1, 0.15) is 30.8 Å². The molecular weight excluding hydrogens is 748 g/mol. The van der Waals surface area contributed by atoms with Crippen LogP contribution in [0.25, 0.3) is 11.3 Å². The Kier molecular flexibility index (Phi) is 15.8. The third-order valence-corrected chi connectivity index (χ3v) is 8.87. The number of benzene rings is 2. The summed E-state index contributed by atoms with van der Waals surface area (Å²) in [5, 5.41) is 26.6. The average Bonchev–Trinajstić information content (AvgIpc) is 3.70. The first kappa shape index (κ1) is 43.1. The summed E-state index contributed by atoms with van der Waals surface area (Å²) in [5.41, 5.74) is 0.472. The topological polar surface area (TPSA) is 249 Å². The highest BCUT2D eigenvalue weighted by Crippen LogP contribution is 2.32. The van der Waals surface area contributed by atoms with Crippen molar-refractivity contribution in [3.05, 3.63) is 65.4 Å². The minimum atomic E-state index is -1.67. The number of aliphatic carboxylic acids is 2. The van der Waals surface area contributed by atoms with Gasteiger partial charge in [-0.15, -0.1) is 0 Å². The third kappa shape index (κ3) is 11.7. The second-order valence-corrected chi connectivity index (χ2v) is 12.8. The predicted molar refractivity (Wildman–Crippen MR) is 199 cm³/mol. The molecule has 3 atom stereocenters. The van der Waals surface area contributed by atoms with Crippen LogP contribution in [0.2, 0.25) is 0 Å². The highest BCUT2D eigenvalue weighted by Gasteiger charge is 2.34. The molecule has 0 spiro atoms. The zero-order chi connectivity index (χ0) is 41.5. The lowest BCUT2D eigenvalue weighted by molar-refractivity contribution is -0.171. The molecule has 0 saturated carbocycles. The van der Waals surface area contributed by atoms with Crippen LogP contribution in [0.1, 0.15) is 90.6 Å². The van der Waals surface area contributed by atoms with E-state index in [1.54, 1.807) is 19.9 Å². The van der Waals surface area contributed by atoms with Crippen molar-refractivity contribution in [1.29, 1.82) is 0 Å². The fourth-order valence-corrected chi connectivity index (χ4v) is 6.03. The largest absolute Gasteiger partial charge is 0.493 e. The predicted octanol–water partition coefficient (Wildman–Crippen LogP) is 3.78. The Hall–Kier alpha value is -6.59. The van der Waals surface area contributed by atoms with E-state index in [0.717, 1.165) is 17.9 Å². The number of carboxylic acids is 2. The second kappa shape index (κ2) is 20.9. The van der Waals surface area contributed by atoms with E-state index in [1.807, 2.05) is 6.92 Å². The Labute approximate surface area is 327 Å². The Morgan fingerprint density at radius 3 is 2.32 bits per heavy atom. The number of ether oxygens (including phenoxy) is 3. The Balaban J connectivity index is 1.40. The van der Waals surface area contributed by atoms with Gasteiger partial charge in [-0.1, -0.05) is 39.2 Å². The number of carbonyl (C=O) groups excluding carboxylic acids is 5. The first-order chi connectivity index (χ1) is 27.4. The van der Waals surface area contributed by atoms with Gasteiger partial charge in [-0.2, -0.15) is 5.06 Å². The quantitative estimate of drug-likeness (QED) is 0.0420. The van der Waals surface area contributed by atoms with Crippen LogP contribution in [-0.2, 0) is 24.0 Å². The minimum absolute atomic E-state index is 0.0507. The number of hydroxylamine groups is 2. The summed E-state index contributed by atoms with van der Waals surface area (Å²) in [6.07, 6.45) is 2.50. The molecule has 2 aromatic carbocycles. The van der Waals surface area contributed by atoms with E-state index in [0.29, 0.717) is 49.5 Å². The molecule has 1 aliphatic heterocycles. The fraction of sp³-hybridized carbons (Fsp3) is 0.410. The van der Waals surface area contributed by atoms with Crippen molar-refractivity contribution in [2.24, 2.45) is 5.92 Å². The number of nitrogens with zero attached hydrogens (tertiary/aromatic N) is 1. The van der Waals surface area contributed by atoms with Crippen LogP contribution in [0.5, 0.6) is 17.2 Å². The lowest BCUT2D eigenvalue weighted by Crippen LogP contribution is -2.49. The van der Waals surface area contributed by atoms with Crippen molar-refractivity contribution in [3.8, 4) is 28.6 Å². The van der Waals surface area contributed by atoms with Crippen LogP contribution >= 0.6 is 0 Å². The van der Waals surface area contributed by atoms with Crippen molar-refractivity contribution in [2.45, 2.75) is 71.4 Å². The van der Waals surface area contributed by atoms with E-state index < -0.39 is 60.1 Å². The van der Waals surface area contributed by atoms with E-state index in [-0.39, 0.29) is 48.1 Å². The molecule has 18 heteroatoms. The minimum Gasteiger partial charge on any atom is -0.493 e. The molecule has 1 aliphatic rings. The first-order valence-corrected chi connectivity index (χ1v) is 18.4. The monoisotopic (exact) mass is 794 g/mol. The molecule has 0 saturated heterocycles. The number of carboxylic acid groups (broad SMARTS) is 2. The highest BCUT2D eigenvalue weighted by molar-refractivity contribution is 6.00. The third-order valence-electron chi connectivity index (χ3n) is 8.87. The van der Waals surface area contributed by atoms with Gasteiger partial charge in [0.25, 0.3) is 11.8 Å². The van der Waals surface area contributed by atoms with Crippen LogP contribution in [0, 0.1) is 5.92 Å². The molecule has 2 heterocycles. The first-order valence-electron chi connectivity index (χ1n) is 18.4. The van der Waals surface area contributed by atoms with E-state index in [9.17, 15) is 38.7 Å². The van der Waals surface area contributed by atoms with Gasteiger partial charge < -0.3 is 49.6 Å². The standard InChI is InChI=1S/C39H46N4O14/c1-4-7-8-9-25(28(5-2)43(22-44)57-39(52)24-11-13-30-33(19-24)55-17-16-54-30)35(47)40-21-41-37(49)31-15-14-29(56-31)23-10-12-26(32(18-23)53-6-3)36(48)42-27(38(50)51)20-34(45)46/h10-15,18-19,22,25,27-28H,4-9,16-17,20-21H2,1-3H3,(H,40,47)(H,41,49)(H,42,48)(H,45,46)(H,50,51)/t25-,27?,28-/m1/s1. The Bertz CT molecular complexity index is 1930. The summed E-state index contributed by atoms with van der Waals surface area (Å²) in [6.45, 7) is 5.95. The van der Waals surface area contributed by atoms with E-state index in [1.165, 1.54) is 42.5 Å². The maximum absolute atomic E-state index is 13.6. The molecule has 57 heavy (non-hydrogen) atoms. The summed E-state index contributed by atoms with van der Waals surface area (Å²) in [5.74, 6) is -5.56. The second-order valence-electron chi connectivity index (χ2n) is 12.8. The van der Waals surface area contributed by atoms with Gasteiger partial charge in [-0.05, 0) is 62.2 Å². The van der Waals surface area contributed by atoms with Crippen molar-refractivity contribution in [1.82, 2.24) is 21.0 Å². The number of carbonyl (C=O) groups is 7. The molecule has 0 fully saturated rings. The molecule has 0 aliphatic carbocycles. The molecule has 0 bridgehead atoms. The molecule has 306 valence electrons. The number of rotatable bonds is 22. The molecule has 5 N–H and O–H groups in total. The molecule has 1 aromatic heterocycles. The van der Waals surface area contributed by atoms with Crippen molar-refractivity contribution in [3.63, 3.8) is 0 Å². The maximum Gasteiger partial charge on any atom is 0.363 e. The summed E-state index contributed by atoms with van der Waals surface area (Å²) in [6, 6.07) is 9.18. The molecule has 18 nitrogen and oxygen atoms in total. The number of furan rings is 1. The number of hydrogen-bond acceptors (Lipinski definition) is 12. The summed E-state index contributed by atoms with van der Waals surface area (Å²) >= 11 is 0. The molecule has 3 aromatic rings. The van der Waals surface area contributed by atoms with Crippen LogP contribution in [0.3, 0.4) is 0 Å². The number of amides is 4. The summed E-state index contributed by atoms with van der Waals surface area (Å²) in [7, 11) is 0. The van der Waals surface area contributed by atoms with Gasteiger partial charge in [0.2, 0.25) is 12.3 Å². The lowest BCUT2D eigenvalue weighted by atomic mass is 9.90. The Morgan fingerprint density at radius 2 is 1.65 bits per heavy atom. The van der Waals surface area contributed by atoms with Gasteiger partial charge in [0, 0.05) is 5.56 Å². The van der Waals surface area contributed by atoms with Crippen LogP contribution < -0.4 is 30.2 Å². The van der Waals surface area contributed by atoms with Gasteiger partial charge in [-0.25, -0.2) is 9.59 Å². The van der Waals surface area contributed by atoms with Gasteiger partial charge in [0.15, 0.2) is 17.3 Å². The highest BCUT2D eigenvalue weighted by atomic mass is 16.7. The average molecular weight is 795 g/mol. The number of nitrogens with one attached hydrogen (secondary N) is 3. The molecule has 4 rings (SSSR count). The molecular formula is C39H46N4O14. The fourth-order valence-electron chi connectivity index (χ4n) is 6.03. The van der Waals surface area contributed by atoms with Crippen molar-refractivity contribution < 1.29 is 67.2 Å². The van der Waals surface area contributed by atoms with E-state index in [2.05, 4.69) is 16.0 Å². The van der Waals surface area contributed by atoms with Crippen LogP contribution in [0.15, 0.2) is 52.9 Å². The van der Waals surface area contributed by atoms with E-state index >= 15 is 0 Å². The van der Waals surface area contributed by atoms with Crippen molar-refractivity contribution >= 4 is 42.0 Å². The number of unbranched alkanes of at least 4 members (excludes halogenated alkanes) is 2. The van der Waals surface area contributed by atoms with E-state index in [4.69, 9.17) is 28.6 Å². The van der Waals surface area contributed by atoms with Crippen LogP contribution in [-0.4, -0.2) is 95.9 Å². The van der Waals surface area contributed by atoms with Crippen molar-refractivity contribution in [2.75, 3.05) is 26.5 Å². The SMILES string of the molecule is CCCCC[C@@H](C(=O)NCNC(=O)c1ccc(-c2ccc(C(=O)NC(CC(=O)O)C(=O)O)c(OCC)c2)o1)[C@@H](CC)N(C=O)OC(=O)c1ccc2c(c1)OCCO2. The van der Waals surface area contributed by atoms with Gasteiger partial charge in [0.05, 0.1) is 42.8 Å². The number of hydrogen-bond donors (Lipinski definition) is 5. The summed E-state index contributed by atoms with van der Waals surface area (Å²) < 4.78 is 22.4. The Morgan fingerprint density at radius 1 is 0.895 bits per heavy atom. The zero-order valence-electron chi connectivity index (χ0n) is 31.7. The van der Waals surface area contributed by atoms with Gasteiger partial charge >= 0.3 is 17.9 Å². The van der Waals surface area contributed by atoms with Crippen LogP contribution in [0.4, 0.5) is 0 Å². The van der Waals surface area contributed by atoms with Gasteiger partial charge in [-0.3, -0.25) is 24.0 Å². The smallest absolute Gasteiger partial charge is 0.363 e. The normalized spacial score (nSPS) is 13.2. The summed E-state index contributed by atoms with van der Waals surface area (Å²) in [4.78, 5) is 92.8. The molecule has 0 radical (unpaired) electrons. The zero-order valence-corrected chi connectivity index (χ0v) is 31.7. The molecule has 1 unspecified atom stereocenters. The number of fused-ring (bicyclic) bond motifs is 1. The lowest BCUT2D eigenvalue weighted by Gasteiger charge is -2.32. The maximum atomic E-state index is 13.6.